The van der Waals surface area contributed by atoms with E-state index in [4.69, 9.17) is 30.9 Å². The van der Waals surface area contributed by atoms with Crippen LogP contribution in [0.3, 0.4) is 0 Å². The van der Waals surface area contributed by atoms with E-state index in [0.717, 1.165) is 19.0 Å². The molecule has 2 saturated heterocycles. The number of halogens is 1. The molecule has 2 atom stereocenters. The molecule has 1 N–H and O–H groups in total. The normalized spacial score (nSPS) is 17.7. The van der Waals surface area contributed by atoms with Gasteiger partial charge >= 0.3 is 0 Å². The van der Waals surface area contributed by atoms with Gasteiger partial charge in [-0.05, 0) is 62.4 Å². The Balaban J connectivity index is 0.000000246. The monoisotopic (exact) mass is 436 g/mol. The molecule has 2 heterocycles. The Labute approximate surface area is 182 Å². The van der Waals surface area contributed by atoms with Crippen LogP contribution in [-0.4, -0.2) is 54.6 Å². The SMILES string of the molecule is C.CC(=O)c1ccc(O)cc1.CC(=O)c1ccc(OCC2CO2)cc1.ClCC1CO1. The lowest BCUT2D eigenvalue weighted by Crippen LogP contribution is -2.04. The van der Waals surface area contributed by atoms with Gasteiger partial charge in [-0.25, -0.2) is 0 Å². The highest BCUT2D eigenvalue weighted by Crippen LogP contribution is 2.16. The Kier molecular flexibility index (Phi) is 11.1. The molecule has 0 bridgehead atoms. The number of ether oxygens (including phenoxy) is 3. The zero-order valence-corrected chi connectivity index (χ0v) is 17.2. The summed E-state index contributed by atoms with van der Waals surface area (Å²) in [5, 5.41) is 8.83. The van der Waals surface area contributed by atoms with Crippen LogP contribution in [0.15, 0.2) is 48.5 Å². The van der Waals surface area contributed by atoms with E-state index in [2.05, 4.69) is 0 Å². The van der Waals surface area contributed by atoms with Crippen molar-refractivity contribution in [3.05, 3.63) is 59.7 Å². The molecule has 30 heavy (non-hydrogen) atoms. The largest absolute Gasteiger partial charge is 0.508 e. The van der Waals surface area contributed by atoms with Crippen LogP contribution in [0, 0.1) is 0 Å². The molecule has 0 spiro atoms. The first-order valence-electron chi connectivity index (χ1n) is 9.22. The van der Waals surface area contributed by atoms with Crippen LogP contribution in [0.2, 0.25) is 0 Å². The first kappa shape index (κ1) is 25.6. The average Bonchev–Trinajstić information content (AvgIpc) is 3.62. The number of carbonyl (C=O) groups excluding carboxylic acids is 2. The summed E-state index contributed by atoms with van der Waals surface area (Å²) >= 11 is 5.27. The fourth-order valence-electron chi connectivity index (χ4n) is 1.99. The molecular formula is C23H29ClO6. The van der Waals surface area contributed by atoms with Gasteiger partial charge in [0.25, 0.3) is 0 Å². The lowest BCUT2D eigenvalue weighted by Gasteiger charge is -2.03. The number of hydrogen-bond acceptors (Lipinski definition) is 6. The average molecular weight is 437 g/mol. The third kappa shape index (κ3) is 10.4. The summed E-state index contributed by atoms with van der Waals surface area (Å²) in [4.78, 5) is 21.6. The van der Waals surface area contributed by atoms with Crippen molar-refractivity contribution in [2.75, 3.05) is 25.7 Å². The number of Topliss-reactive ketones (excluding diaryl/α,β-unsaturated/α-hetero) is 2. The van der Waals surface area contributed by atoms with Crippen LogP contribution >= 0.6 is 11.6 Å². The molecule has 2 fully saturated rings. The second-order valence-corrected chi connectivity index (χ2v) is 6.87. The number of phenols is 1. The number of carbonyl (C=O) groups is 2. The molecule has 164 valence electrons. The summed E-state index contributed by atoms with van der Waals surface area (Å²) in [7, 11) is 0. The standard InChI is InChI=1S/C11H12O3.C8H8O2.C3H5ClO.CH4/c1-8(12)9-2-4-10(5-3-9)13-6-11-7-14-11;1-6(9)7-2-4-8(10)5-3-7;4-1-3-2-5-3;/h2-5,11H,6-7H2,1H3;2-5,10H,1H3;3H,1-2H2;1H4. The molecule has 2 aromatic carbocycles. The number of ketones is 2. The van der Waals surface area contributed by atoms with Crippen molar-refractivity contribution in [2.45, 2.75) is 33.5 Å². The van der Waals surface area contributed by atoms with Crippen LogP contribution in [0.1, 0.15) is 42.0 Å². The summed E-state index contributed by atoms with van der Waals surface area (Å²) in [5.41, 5.74) is 1.33. The highest BCUT2D eigenvalue weighted by Gasteiger charge is 2.23. The molecular weight excluding hydrogens is 408 g/mol. The fraction of sp³-hybridized carbons (Fsp3) is 0.391. The third-order valence-corrected chi connectivity index (χ3v) is 4.29. The summed E-state index contributed by atoms with van der Waals surface area (Å²) in [6.45, 7) is 5.31. The van der Waals surface area contributed by atoms with Crippen LogP contribution in [0.25, 0.3) is 0 Å². The number of phenolic OH excluding ortho intramolecular Hbond substituents is 1. The quantitative estimate of drug-likeness (QED) is 0.407. The number of alkyl halides is 1. The zero-order chi connectivity index (χ0) is 21.2. The van der Waals surface area contributed by atoms with Gasteiger partial charge in [0, 0.05) is 11.1 Å². The first-order chi connectivity index (χ1) is 13.9. The number of aromatic hydroxyl groups is 1. The van der Waals surface area contributed by atoms with Gasteiger partial charge in [-0.1, -0.05) is 7.43 Å². The van der Waals surface area contributed by atoms with Gasteiger partial charge in [-0.3, -0.25) is 9.59 Å². The molecule has 2 unspecified atom stereocenters. The highest BCUT2D eigenvalue weighted by molar-refractivity contribution is 6.18. The van der Waals surface area contributed by atoms with Crippen LogP contribution in [-0.2, 0) is 9.47 Å². The van der Waals surface area contributed by atoms with E-state index in [0.29, 0.717) is 29.7 Å². The lowest BCUT2D eigenvalue weighted by molar-refractivity contribution is 0.100. The van der Waals surface area contributed by atoms with E-state index in [1.54, 1.807) is 43.3 Å². The van der Waals surface area contributed by atoms with Crippen molar-refractivity contribution < 1.29 is 28.9 Å². The first-order valence-corrected chi connectivity index (χ1v) is 9.75. The van der Waals surface area contributed by atoms with E-state index in [9.17, 15) is 9.59 Å². The lowest BCUT2D eigenvalue weighted by atomic mass is 10.1. The Hall–Kier alpha value is -2.41. The number of benzene rings is 2. The van der Waals surface area contributed by atoms with Crippen LogP contribution in [0.5, 0.6) is 11.5 Å². The summed E-state index contributed by atoms with van der Waals surface area (Å²) in [6.07, 6.45) is 0.666. The van der Waals surface area contributed by atoms with Crippen molar-refractivity contribution >= 4 is 23.2 Å². The molecule has 2 aromatic rings. The predicted molar refractivity (Wildman–Crippen MR) is 117 cm³/mol. The van der Waals surface area contributed by atoms with Gasteiger partial charge in [0.05, 0.1) is 25.2 Å². The minimum atomic E-state index is 0. The van der Waals surface area contributed by atoms with E-state index >= 15 is 0 Å². The van der Waals surface area contributed by atoms with Crippen LogP contribution < -0.4 is 4.74 Å². The van der Waals surface area contributed by atoms with E-state index in [-0.39, 0.29) is 30.8 Å². The zero-order valence-electron chi connectivity index (χ0n) is 16.5. The molecule has 4 rings (SSSR count). The fourth-order valence-corrected chi connectivity index (χ4v) is 2.17. The topological polar surface area (TPSA) is 88.7 Å². The maximum Gasteiger partial charge on any atom is 0.159 e. The third-order valence-electron chi connectivity index (χ3n) is 3.95. The molecule has 0 aliphatic carbocycles. The maximum atomic E-state index is 11.0. The predicted octanol–water partition coefficient (Wildman–Crippen LogP) is 4.52. The van der Waals surface area contributed by atoms with Crippen molar-refractivity contribution in [3.63, 3.8) is 0 Å². The van der Waals surface area contributed by atoms with Crippen molar-refractivity contribution in [3.8, 4) is 11.5 Å². The van der Waals surface area contributed by atoms with Gasteiger partial charge in [0.15, 0.2) is 11.6 Å². The van der Waals surface area contributed by atoms with Crippen molar-refractivity contribution in [2.24, 2.45) is 0 Å². The minimum Gasteiger partial charge on any atom is -0.508 e. The van der Waals surface area contributed by atoms with Gasteiger partial charge in [-0.15, -0.1) is 11.6 Å². The molecule has 2 aliphatic rings. The van der Waals surface area contributed by atoms with E-state index in [1.807, 2.05) is 0 Å². The molecule has 6 nitrogen and oxygen atoms in total. The van der Waals surface area contributed by atoms with Crippen molar-refractivity contribution in [1.82, 2.24) is 0 Å². The smallest absolute Gasteiger partial charge is 0.159 e. The Morgan fingerprint density at radius 1 is 0.933 bits per heavy atom. The second kappa shape index (κ2) is 13.0. The Morgan fingerprint density at radius 3 is 1.70 bits per heavy atom. The molecule has 0 saturated carbocycles. The molecule has 7 heteroatoms. The van der Waals surface area contributed by atoms with Gasteiger partial charge in [-0.2, -0.15) is 0 Å². The summed E-state index contributed by atoms with van der Waals surface area (Å²) in [6, 6.07) is 13.3. The van der Waals surface area contributed by atoms with E-state index in [1.165, 1.54) is 19.1 Å². The molecule has 0 amide bonds. The molecule has 2 aliphatic heterocycles. The Morgan fingerprint density at radius 2 is 1.37 bits per heavy atom. The molecule has 0 aromatic heterocycles. The number of rotatable bonds is 6. The number of epoxide rings is 2. The summed E-state index contributed by atoms with van der Waals surface area (Å²) in [5.74, 6) is 1.72. The van der Waals surface area contributed by atoms with Crippen molar-refractivity contribution in [1.29, 1.82) is 0 Å². The molecule has 0 radical (unpaired) electrons. The summed E-state index contributed by atoms with van der Waals surface area (Å²) < 4.78 is 15.2. The van der Waals surface area contributed by atoms with Gasteiger partial charge in [0.2, 0.25) is 0 Å². The Bertz CT molecular complexity index is 780. The van der Waals surface area contributed by atoms with E-state index < -0.39 is 0 Å². The second-order valence-electron chi connectivity index (χ2n) is 6.56. The minimum absolute atomic E-state index is 0. The number of hydrogen-bond donors (Lipinski definition) is 1. The maximum absolute atomic E-state index is 11.0. The highest BCUT2D eigenvalue weighted by atomic mass is 35.5. The van der Waals surface area contributed by atoms with Gasteiger partial charge < -0.3 is 19.3 Å². The van der Waals surface area contributed by atoms with Gasteiger partial charge in [0.1, 0.15) is 24.2 Å². The van der Waals surface area contributed by atoms with Crippen LogP contribution in [0.4, 0.5) is 0 Å².